The van der Waals surface area contributed by atoms with Gasteiger partial charge < -0.3 is 19.6 Å². The molecule has 4 aliphatic rings. The van der Waals surface area contributed by atoms with E-state index in [-0.39, 0.29) is 17.7 Å². The molecule has 45 heavy (non-hydrogen) atoms. The lowest BCUT2D eigenvalue weighted by atomic mass is 9.87. The summed E-state index contributed by atoms with van der Waals surface area (Å²) in [5, 5.41) is 9.45. The van der Waals surface area contributed by atoms with Crippen molar-refractivity contribution in [3.05, 3.63) is 65.2 Å². The van der Waals surface area contributed by atoms with Gasteiger partial charge in [0.15, 0.2) is 0 Å². The molecule has 3 fully saturated rings. The number of benzene rings is 2. The number of anilines is 1. The normalized spacial score (nSPS) is 23.8. The molecule has 0 bridgehead atoms. The van der Waals surface area contributed by atoms with Gasteiger partial charge in [-0.1, -0.05) is 37.1 Å². The van der Waals surface area contributed by atoms with Gasteiger partial charge in [0.2, 0.25) is 5.91 Å². The summed E-state index contributed by atoms with van der Waals surface area (Å²) in [6.07, 6.45) is 3.67. The number of nitrogens with zero attached hydrogens (tertiary/aromatic N) is 3. The Hall–Kier alpha value is -3.53. The molecule has 3 aliphatic heterocycles. The van der Waals surface area contributed by atoms with Gasteiger partial charge in [-0.15, -0.1) is 0 Å². The highest BCUT2D eigenvalue weighted by atomic mass is 19.4. The zero-order chi connectivity index (χ0) is 31.7. The van der Waals surface area contributed by atoms with E-state index in [2.05, 4.69) is 17.0 Å². The third-order valence-corrected chi connectivity index (χ3v) is 10.4. The predicted octanol–water partition coefficient (Wildman–Crippen LogP) is 6.29. The molecule has 2 atom stereocenters. The number of rotatable bonds is 7. The van der Waals surface area contributed by atoms with Crippen molar-refractivity contribution in [2.24, 2.45) is 11.8 Å². The molecule has 2 aromatic rings. The SMILES string of the molecule is COc1ccc([C@@H]2CN(C3CCCC3)C[C@H]2C(=O)N2CCC=C(c3ccc(C(F)(F)F)cc3N3CCC(C(=O)O)CC3)C2)cc1. The standard InChI is InChI=1S/C35H42F3N3O4/c1-45-28-11-8-23(9-12-28)30-21-41(27-6-2-3-7-27)22-31(30)33(42)40-16-4-5-25(20-40)29-13-10-26(35(36,37)38)19-32(29)39-17-14-24(15-18-39)34(43)44/h5,8-13,19,24,27,30-31H,2-4,6-7,14-18,20-22H2,1H3,(H,43,44)/t30-,31+/m0/s1. The number of ether oxygens (including phenoxy) is 1. The molecule has 1 amide bonds. The Morgan fingerprint density at radius 1 is 0.933 bits per heavy atom. The van der Waals surface area contributed by atoms with E-state index in [0.717, 1.165) is 42.3 Å². The maximum absolute atomic E-state index is 14.3. The van der Waals surface area contributed by atoms with Crippen LogP contribution >= 0.6 is 0 Å². The fourth-order valence-corrected chi connectivity index (χ4v) is 7.81. The number of carboxylic acids is 1. The topological polar surface area (TPSA) is 73.3 Å². The van der Waals surface area contributed by atoms with Crippen LogP contribution in [0.15, 0.2) is 48.5 Å². The number of likely N-dealkylation sites (tertiary alicyclic amines) is 1. The van der Waals surface area contributed by atoms with Gasteiger partial charge in [0, 0.05) is 62.5 Å². The van der Waals surface area contributed by atoms with Crippen molar-refractivity contribution in [2.45, 2.75) is 63.1 Å². The van der Waals surface area contributed by atoms with Crippen LogP contribution in [0, 0.1) is 11.8 Å². The second kappa shape index (κ2) is 13.1. The molecule has 0 unspecified atom stereocenters. The van der Waals surface area contributed by atoms with Gasteiger partial charge >= 0.3 is 12.1 Å². The van der Waals surface area contributed by atoms with E-state index >= 15 is 0 Å². The second-order valence-corrected chi connectivity index (χ2v) is 13.0. The first-order valence-electron chi connectivity index (χ1n) is 16.2. The van der Waals surface area contributed by atoms with Gasteiger partial charge in [0.05, 0.1) is 24.5 Å². The molecule has 7 nitrogen and oxygen atoms in total. The number of carbonyl (C=O) groups excluding carboxylic acids is 1. The lowest BCUT2D eigenvalue weighted by Crippen LogP contribution is -2.42. The number of methoxy groups -OCH3 is 1. The Morgan fingerprint density at radius 3 is 2.29 bits per heavy atom. The number of carbonyl (C=O) groups is 2. The van der Waals surface area contributed by atoms with Crippen LogP contribution in [0.1, 0.15) is 67.6 Å². The van der Waals surface area contributed by atoms with Crippen LogP contribution in [0.4, 0.5) is 18.9 Å². The zero-order valence-electron chi connectivity index (χ0n) is 25.8. The van der Waals surface area contributed by atoms with Crippen LogP contribution < -0.4 is 9.64 Å². The second-order valence-electron chi connectivity index (χ2n) is 13.0. The summed E-state index contributed by atoms with van der Waals surface area (Å²) in [4.78, 5) is 32.1. The molecule has 3 heterocycles. The Kier molecular flexibility index (Phi) is 9.13. The first-order chi connectivity index (χ1) is 21.6. The first-order valence-corrected chi connectivity index (χ1v) is 16.2. The average molecular weight is 626 g/mol. The third-order valence-electron chi connectivity index (χ3n) is 10.4. The molecule has 1 saturated carbocycles. The number of aliphatic carboxylic acids is 1. The van der Waals surface area contributed by atoms with E-state index in [1.807, 2.05) is 28.0 Å². The third kappa shape index (κ3) is 6.71. The fraction of sp³-hybridized carbons (Fsp3) is 0.543. The number of alkyl halides is 3. The van der Waals surface area contributed by atoms with Gasteiger partial charge in [-0.2, -0.15) is 13.2 Å². The summed E-state index contributed by atoms with van der Waals surface area (Å²) in [6, 6.07) is 12.3. The molecule has 0 aromatic heterocycles. The van der Waals surface area contributed by atoms with E-state index in [1.165, 1.54) is 25.0 Å². The summed E-state index contributed by atoms with van der Waals surface area (Å²) in [7, 11) is 1.64. The molecule has 1 aliphatic carbocycles. The summed E-state index contributed by atoms with van der Waals surface area (Å²) in [6.45, 7) is 3.17. The molecular weight excluding hydrogens is 583 g/mol. The van der Waals surface area contributed by atoms with Gasteiger partial charge in [0.25, 0.3) is 0 Å². The molecule has 0 radical (unpaired) electrons. The van der Waals surface area contributed by atoms with Gasteiger partial charge in [-0.05, 0) is 67.5 Å². The minimum Gasteiger partial charge on any atom is -0.497 e. The first kappa shape index (κ1) is 31.5. The van der Waals surface area contributed by atoms with E-state index in [1.54, 1.807) is 7.11 Å². The van der Waals surface area contributed by atoms with Crippen molar-refractivity contribution in [1.29, 1.82) is 0 Å². The van der Waals surface area contributed by atoms with Crippen LogP contribution in [0.2, 0.25) is 0 Å². The highest BCUT2D eigenvalue weighted by molar-refractivity contribution is 5.86. The lowest BCUT2D eigenvalue weighted by Gasteiger charge is -2.36. The number of amides is 1. The van der Waals surface area contributed by atoms with Crippen molar-refractivity contribution in [3.8, 4) is 5.75 Å². The fourth-order valence-electron chi connectivity index (χ4n) is 7.81. The molecule has 242 valence electrons. The summed E-state index contributed by atoms with van der Waals surface area (Å²) in [5.74, 6) is -0.646. The number of halogens is 3. The summed E-state index contributed by atoms with van der Waals surface area (Å²) < 4.78 is 46.8. The minimum absolute atomic E-state index is 0.0514. The van der Waals surface area contributed by atoms with Crippen LogP contribution in [-0.2, 0) is 15.8 Å². The zero-order valence-corrected chi connectivity index (χ0v) is 25.8. The van der Waals surface area contributed by atoms with Crippen molar-refractivity contribution >= 4 is 23.1 Å². The molecule has 2 aromatic carbocycles. The number of piperidine rings is 1. The average Bonchev–Trinajstić information content (AvgIpc) is 3.75. The highest BCUT2D eigenvalue weighted by Crippen LogP contribution is 2.41. The predicted molar refractivity (Wildman–Crippen MR) is 166 cm³/mol. The quantitative estimate of drug-likeness (QED) is 0.390. The van der Waals surface area contributed by atoms with Crippen molar-refractivity contribution < 1.29 is 32.6 Å². The number of carboxylic acid groups (broad SMARTS) is 1. The van der Waals surface area contributed by atoms with Crippen LogP contribution in [0.5, 0.6) is 5.75 Å². The monoisotopic (exact) mass is 625 g/mol. The Balaban J connectivity index is 1.25. The molecule has 2 saturated heterocycles. The lowest BCUT2D eigenvalue weighted by molar-refractivity contribution is -0.142. The Bertz CT molecular complexity index is 1410. The maximum atomic E-state index is 14.3. The van der Waals surface area contributed by atoms with Crippen LogP contribution in [0.3, 0.4) is 0 Å². The van der Waals surface area contributed by atoms with Crippen molar-refractivity contribution in [3.63, 3.8) is 0 Å². The smallest absolute Gasteiger partial charge is 0.416 e. The van der Waals surface area contributed by atoms with E-state index in [4.69, 9.17) is 4.74 Å². The van der Waals surface area contributed by atoms with E-state index < -0.39 is 23.6 Å². The molecule has 6 rings (SSSR count). The molecular formula is C35H42F3N3O4. The molecule has 10 heteroatoms. The molecule has 0 spiro atoms. The minimum atomic E-state index is -4.50. The summed E-state index contributed by atoms with van der Waals surface area (Å²) in [5.41, 5.74) is 2.37. The Labute approximate surface area is 262 Å². The van der Waals surface area contributed by atoms with Crippen LogP contribution in [0.25, 0.3) is 5.57 Å². The van der Waals surface area contributed by atoms with Crippen molar-refractivity contribution in [2.75, 3.05) is 51.3 Å². The van der Waals surface area contributed by atoms with Gasteiger partial charge in [0.1, 0.15) is 5.75 Å². The van der Waals surface area contributed by atoms with Gasteiger partial charge in [-0.3, -0.25) is 14.5 Å². The van der Waals surface area contributed by atoms with Crippen molar-refractivity contribution in [1.82, 2.24) is 9.80 Å². The van der Waals surface area contributed by atoms with Crippen LogP contribution in [-0.4, -0.2) is 79.2 Å². The Morgan fingerprint density at radius 2 is 1.64 bits per heavy atom. The molecule has 1 N–H and O–H groups in total. The largest absolute Gasteiger partial charge is 0.497 e. The highest BCUT2D eigenvalue weighted by Gasteiger charge is 2.43. The van der Waals surface area contributed by atoms with Gasteiger partial charge in [-0.25, -0.2) is 0 Å². The summed E-state index contributed by atoms with van der Waals surface area (Å²) >= 11 is 0. The van der Waals surface area contributed by atoms with E-state index in [9.17, 15) is 27.9 Å². The maximum Gasteiger partial charge on any atom is 0.416 e. The van der Waals surface area contributed by atoms with E-state index in [0.29, 0.717) is 69.3 Å². The number of hydrogen-bond acceptors (Lipinski definition) is 5. The number of hydrogen-bond donors (Lipinski definition) is 1.